The number of thiophene rings is 2. The molecule has 6 aromatic rings. The number of allylic oxidation sites excluding steroid dienone is 5. The van der Waals surface area contributed by atoms with Gasteiger partial charge in [-0.05, 0) is 113 Å². The van der Waals surface area contributed by atoms with E-state index in [2.05, 4.69) is 144 Å². The lowest BCUT2D eigenvalue weighted by atomic mass is 9.77. The quantitative estimate of drug-likeness (QED) is 0.0237. The van der Waals surface area contributed by atoms with Crippen molar-refractivity contribution in [2.45, 2.75) is 181 Å². The molecule has 12 heteroatoms. The highest BCUT2D eigenvalue weighted by molar-refractivity contribution is 7.99. The SMILES string of the molecule is CCCCCCc1cc(-c2cc(SCCC(=O)NCCCC[N+]3=C(/C=C4/C(=O)C(/C=C5/N(CCCC)c6ccccc6C5(C)C)=C4[O-])C(C)(C)c4ccccc43)c(-c3cc(CCCCCC)c(CC)s3)c3nsnc23)sc1C. The van der Waals surface area contributed by atoms with Crippen LogP contribution in [0.1, 0.15) is 171 Å². The molecular weight excluding hydrogens is 1040 g/mol. The first-order chi connectivity index (χ1) is 37.7. The molecule has 3 aromatic heterocycles. The number of unbranched alkanes of at least 4 members (excludes halogenated alkanes) is 8. The zero-order chi connectivity index (χ0) is 55.1. The molecule has 1 aliphatic carbocycles. The fraction of sp³-hybridized carbons (Fsp3) is 0.470. The highest BCUT2D eigenvalue weighted by atomic mass is 32.2. The van der Waals surface area contributed by atoms with Crippen LogP contribution in [0.15, 0.2) is 106 Å². The average Bonchev–Trinajstić information content (AvgIpc) is 4.42. The second kappa shape index (κ2) is 25.5. The number of fused-ring (bicyclic) bond motifs is 3. The summed E-state index contributed by atoms with van der Waals surface area (Å²) in [4.78, 5) is 36.6. The Labute approximate surface area is 481 Å². The van der Waals surface area contributed by atoms with Crippen molar-refractivity contribution >= 4 is 86.0 Å². The fourth-order valence-electron chi connectivity index (χ4n) is 11.9. The van der Waals surface area contributed by atoms with E-state index in [0.29, 0.717) is 25.3 Å². The van der Waals surface area contributed by atoms with Crippen LogP contribution < -0.4 is 15.3 Å². The van der Waals surface area contributed by atoms with Crippen LogP contribution in [0.5, 0.6) is 0 Å². The number of hydrogen-bond acceptors (Lipinski definition) is 10. The second-order valence-corrected chi connectivity index (χ2v) is 26.7. The molecule has 0 saturated heterocycles. The molecule has 0 atom stereocenters. The van der Waals surface area contributed by atoms with Crippen molar-refractivity contribution in [3.63, 3.8) is 0 Å². The van der Waals surface area contributed by atoms with Gasteiger partial charge in [-0.1, -0.05) is 129 Å². The van der Waals surface area contributed by atoms with Gasteiger partial charge in [0.15, 0.2) is 11.5 Å². The minimum Gasteiger partial charge on any atom is -0.871 e. The van der Waals surface area contributed by atoms with Crippen molar-refractivity contribution in [1.82, 2.24) is 14.1 Å². The topological polar surface area (TPSA) is 101 Å². The van der Waals surface area contributed by atoms with Crippen molar-refractivity contribution in [2.75, 3.05) is 30.3 Å². The number of aryl methyl sites for hydroxylation is 4. The van der Waals surface area contributed by atoms with Gasteiger partial charge in [-0.3, -0.25) is 9.59 Å². The monoisotopic (exact) mass is 1120 g/mol. The van der Waals surface area contributed by atoms with Crippen molar-refractivity contribution in [3.05, 3.63) is 133 Å². The number of amides is 1. The summed E-state index contributed by atoms with van der Waals surface area (Å²) >= 11 is 6.84. The first kappa shape index (κ1) is 57.5. The summed E-state index contributed by atoms with van der Waals surface area (Å²) in [5, 5.41) is 17.4. The summed E-state index contributed by atoms with van der Waals surface area (Å²) in [6, 6.07) is 24.0. The van der Waals surface area contributed by atoms with E-state index >= 15 is 0 Å². The Bertz CT molecular complexity index is 3290. The third-order valence-electron chi connectivity index (χ3n) is 16.4. The van der Waals surface area contributed by atoms with Gasteiger partial charge >= 0.3 is 0 Å². The zero-order valence-electron chi connectivity index (χ0n) is 47.8. The summed E-state index contributed by atoms with van der Waals surface area (Å²) in [6.07, 6.45) is 21.0. The molecule has 0 unspecified atom stereocenters. The van der Waals surface area contributed by atoms with Gasteiger partial charge in [-0.15, -0.1) is 34.4 Å². The largest absolute Gasteiger partial charge is 0.871 e. The normalized spacial score (nSPS) is 16.6. The standard InChI is InChI=1S/C66H81N5O3S4/c1-10-14-17-19-27-44-38-54(76-43(44)5)46-40-55(60(62-61(46)68-78-69-62)56-39-45(53(13-4)77-56)28-20-18-15-11-2)75-37-33-59(72)67-34-25-26-36-71-52-32-24-22-30-50(52)66(8,9)58(71)42-48-63(73)47(64(48)74)41-57-65(6,7)49-29-21-23-31-51(49)70(57)35-16-12-3/h21-24,29-32,38-42H,10-20,25-28,33-37H2,1-9H3,(H-,67,72,73,74). The van der Waals surface area contributed by atoms with E-state index in [4.69, 9.17) is 8.75 Å². The van der Waals surface area contributed by atoms with Gasteiger partial charge in [0.05, 0.1) is 17.1 Å². The molecule has 0 spiro atoms. The van der Waals surface area contributed by atoms with Crippen LogP contribution in [0, 0.1) is 6.92 Å². The minimum absolute atomic E-state index is 0.0491. The Balaban J connectivity index is 0.890. The number of thioether (sulfide) groups is 1. The Hall–Kier alpha value is -5.14. The molecule has 1 N–H and O–H groups in total. The van der Waals surface area contributed by atoms with Crippen LogP contribution in [-0.2, 0) is 39.7 Å². The maximum Gasteiger partial charge on any atom is 0.220 e. The smallest absolute Gasteiger partial charge is 0.220 e. The predicted molar refractivity (Wildman–Crippen MR) is 331 cm³/mol. The lowest BCUT2D eigenvalue weighted by Crippen LogP contribution is -2.35. The Morgan fingerprint density at radius 3 is 2.19 bits per heavy atom. The number of nitrogens with zero attached hydrogens (tertiary/aromatic N) is 4. The number of nitrogens with one attached hydrogen (secondary N) is 1. The number of anilines is 1. The molecule has 5 heterocycles. The summed E-state index contributed by atoms with van der Waals surface area (Å²) < 4.78 is 12.3. The molecular formula is C66H81N5O3S4. The molecule has 9 rings (SSSR count). The molecule has 3 aromatic carbocycles. The number of hydrogen-bond donors (Lipinski definition) is 1. The maximum absolute atomic E-state index is 14.1. The van der Waals surface area contributed by atoms with Gasteiger partial charge in [0.25, 0.3) is 0 Å². The number of rotatable bonds is 27. The summed E-state index contributed by atoms with van der Waals surface area (Å²) in [6.45, 7) is 22.1. The molecule has 78 heavy (non-hydrogen) atoms. The van der Waals surface area contributed by atoms with Crippen LogP contribution in [-0.4, -0.2) is 56.1 Å². The molecule has 3 aliphatic rings. The van der Waals surface area contributed by atoms with Crippen LogP contribution in [0.3, 0.4) is 0 Å². The van der Waals surface area contributed by atoms with Crippen LogP contribution >= 0.6 is 46.2 Å². The van der Waals surface area contributed by atoms with Crippen LogP contribution in [0.4, 0.5) is 11.4 Å². The maximum atomic E-state index is 14.1. The van der Waals surface area contributed by atoms with E-state index in [1.807, 2.05) is 34.8 Å². The van der Waals surface area contributed by atoms with Crippen molar-refractivity contribution in [1.29, 1.82) is 0 Å². The molecule has 412 valence electrons. The van der Waals surface area contributed by atoms with Crippen molar-refractivity contribution < 1.29 is 19.3 Å². The third-order valence-corrected chi connectivity index (χ3v) is 20.5. The number of aromatic nitrogens is 2. The zero-order valence-corrected chi connectivity index (χ0v) is 51.1. The van der Waals surface area contributed by atoms with Gasteiger partial charge in [0, 0.05) is 113 Å². The van der Waals surface area contributed by atoms with E-state index in [1.54, 1.807) is 11.8 Å². The molecule has 0 bridgehead atoms. The lowest BCUT2D eigenvalue weighted by Gasteiger charge is -2.33. The molecule has 0 radical (unpaired) electrons. The first-order valence-corrected chi connectivity index (χ1v) is 32.5. The van der Waals surface area contributed by atoms with E-state index in [0.717, 1.165) is 96.4 Å². The number of para-hydroxylation sites is 2. The van der Waals surface area contributed by atoms with Crippen molar-refractivity contribution in [2.24, 2.45) is 0 Å². The van der Waals surface area contributed by atoms with Gasteiger partial charge in [0.1, 0.15) is 17.6 Å². The minimum atomic E-state index is -0.421. The number of carbonyl (C=O) groups excluding carboxylic acids is 2. The second-order valence-electron chi connectivity index (χ2n) is 22.6. The van der Waals surface area contributed by atoms with E-state index < -0.39 is 5.41 Å². The summed E-state index contributed by atoms with van der Waals surface area (Å²) in [7, 11) is 0. The van der Waals surface area contributed by atoms with Crippen LogP contribution in [0.25, 0.3) is 31.9 Å². The molecule has 0 fully saturated rings. The molecule has 2 aliphatic heterocycles. The van der Waals surface area contributed by atoms with Crippen molar-refractivity contribution in [3.8, 4) is 20.9 Å². The summed E-state index contributed by atoms with van der Waals surface area (Å²) in [5.74, 6) is 0.317. The predicted octanol–water partition coefficient (Wildman–Crippen LogP) is 16.3. The van der Waals surface area contributed by atoms with E-state index in [9.17, 15) is 14.7 Å². The van der Waals surface area contributed by atoms with E-state index in [1.165, 1.54) is 110 Å². The fourth-order valence-corrected chi connectivity index (χ4v) is 15.9. The van der Waals surface area contributed by atoms with Gasteiger partial charge in [0.2, 0.25) is 11.6 Å². The Morgan fingerprint density at radius 1 is 0.769 bits per heavy atom. The van der Waals surface area contributed by atoms with E-state index in [-0.39, 0.29) is 34.0 Å². The van der Waals surface area contributed by atoms with Gasteiger partial charge < -0.3 is 15.3 Å². The number of carbonyl (C=O) groups is 2. The first-order valence-electron chi connectivity index (χ1n) is 29.1. The number of Topliss-reactive ketones (excluding diaryl/α,β-unsaturated/α-hetero) is 1. The Morgan fingerprint density at radius 2 is 1.46 bits per heavy atom. The highest BCUT2D eigenvalue weighted by Gasteiger charge is 2.46. The van der Waals surface area contributed by atoms with Gasteiger partial charge in [-0.2, -0.15) is 13.3 Å². The molecule has 0 saturated carbocycles. The molecule has 1 amide bonds. The summed E-state index contributed by atoms with van der Waals surface area (Å²) in [5.41, 5.74) is 13.5. The Kier molecular flexibility index (Phi) is 18.8. The lowest BCUT2D eigenvalue weighted by molar-refractivity contribution is -0.438. The van der Waals surface area contributed by atoms with Gasteiger partial charge in [-0.25, -0.2) is 0 Å². The third kappa shape index (κ3) is 11.8. The number of benzene rings is 3. The molecule has 8 nitrogen and oxygen atoms in total. The number of ketones is 1. The highest BCUT2D eigenvalue weighted by Crippen LogP contribution is 2.50. The van der Waals surface area contributed by atoms with Crippen LogP contribution in [0.2, 0.25) is 0 Å². The average molecular weight is 1120 g/mol.